The van der Waals surface area contributed by atoms with Crippen molar-refractivity contribution in [3.05, 3.63) is 0 Å². The second-order valence-corrected chi connectivity index (χ2v) is 7.24. The predicted molar refractivity (Wildman–Crippen MR) is 84.0 cm³/mol. The zero-order valence-electron chi connectivity index (χ0n) is 14.0. The van der Waals surface area contributed by atoms with E-state index in [0.717, 1.165) is 24.3 Å². The highest BCUT2D eigenvalue weighted by atomic mass is 14.9. The van der Waals surface area contributed by atoms with Crippen LogP contribution >= 0.6 is 0 Å². The summed E-state index contributed by atoms with van der Waals surface area (Å²) >= 11 is 0. The van der Waals surface area contributed by atoms with E-state index in [-0.39, 0.29) is 5.54 Å². The topological polar surface area (TPSA) is 12.0 Å². The number of hydrogen-bond acceptors (Lipinski definition) is 1. The van der Waals surface area contributed by atoms with Gasteiger partial charge in [-0.05, 0) is 51.5 Å². The van der Waals surface area contributed by atoms with Gasteiger partial charge >= 0.3 is 0 Å². The summed E-state index contributed by atoms with van der Waals surface area (Å²) in [6, 6.07) is 0. The lowest BCUT2D eigenvalue weighted by molar-refractivity contribution is 0.260. The highest BCUT2D eigenvalue weighted by Crippen LogP contribution is 2.26. The van der Waals surface area contributed by atoms with Crippen LogP contribution in [0, 0.1) is 17.8 Å². The fraction of sp³-hybridized carbons (Fsp3) is 1.00. The van der Waals surface area contributed by atoms with E-state index in [1.165, 1.54) is 32.1 Å². The molecule has 0 amide bonds. The summed E-state index contributed by atoms with van der Waals surface area (Å²) in [5.74, 6) is 2.55. The molecule has 0 spiro atoms. The molecule has 0 radical (unpaired) electrons. The van der Waals surface area contributed by atoms with Gasteiger partial charge in [-0.15, -0.1) is 0 Å². The van der Waals surface area contributed by atoms with Gasteiger partial charge in [0.05, 0.1) is 0 Å². The Bertz CT molecular complexity index is 192. The second kappa shape index (κ2) is 8.96. The number of rotatable bonds is 9. The minimum atomic E-state index is 0.250. The molecule has 0 aliphatic rings. The van der Waals surface area contributed by atoms with E-state index in [1.54, 1.807) is 0 Å². The Morgan fingerprint density at radius 2 is 1.61 bits per heavy atom. The third kappa shape index (κ3) is 8.97. The first kappa shape index (κ1) is 18.0. The van der Waals surface area contributed by atoms with Crippen molar-refractivity contribution in [3.63, 3.8) is 0 Å². The molecule has 0 heterocycles. The van der Waals surface area contributed by atoms with Crippen molar-refractivity contribution in [2.45, 2.75) is 86.1 Å². The monoisotopic (exact) mass is 255 g/mol. The molecule has 0 rings (SSSR count). The molecule has 3 atom stereocenters. The number of nitrogens with one attached hydrogen (secondary N) is 1. The third-order valence-electron chi connectivity index (χ3n) is 4.17. The molecular weight excluding hydrogens is 218 g/mol. The molecule has 1 N–H and O–H groups in total. The van der Waals surface area contributed by atoms with Crippen molar-refractivity contribution in [3.8, 4) is 0 Å². The molecule has 0 bridgehead atoms. The average Bonchev–Trinajstić information content (AvgIpc) is 2.30. The quantitative estimate of drug-likeness (QED) is 0.593. The minimum absolute atomic E-state index is 0.250. The van der Waals surface area contributed by atoms with Gasteiger partial charge in [0.25, 0.3) is 0 Å². The third-order valence-corrected chi connectivity index (χ3v) is 4.17. The molecule has 110 valence electrons. The van der Waals surface area contributed by atoms with E-state index in [4.69, 9.17) is 0 Å². The summed E-state index contributed by atoms with van der Waals surface area (Å²) in [6.45, 7) is 17.4. The van der Waals surface area contributed by atoms with Gasteiger partial charge in [0, 0.05) is 5.54 Å². The largest absolute Gasteiger partial charge is 0.312 e. The molecule has 3 unspecified atom stereocenters. The first-order chi connectivity index (χ1) is 8.30. The van der Waals surface area contributed by atoms with Gasteiger partial charge < -0.3 is 5.32 Å². The van der Waals surface area contributed by atoms with Crippen LogP contribution in [0.25, 0.3) is 0 Å². The summed E-state index contributed by atoms with van der Waals surface area (Å²) < 4.78 is 0. The van der Waals surface area contributed by atoms with Crippen LogP contribution in [-0.2, 0) is 0 Å². The van der Waals surface area contributed by atoms with Gasteiger partial charge in [-0.3, -0.25) is 0 Å². The van der Waals surface area contributed by atoms with Crippen LogP contribution in [0.3, 0.4) is 0 Å². The maximum absolute atomic E-state index is 3.64. The normalized spacial score (nSPS) is 17.5. The average molecular weight is 255 g/mol. The molecule has 0 saturated carbocycles. The molecule has 1 nitrogen and oxygen atoms in total. The molecule has 18 heavy (non-hydrogen) atoms. The Hall–Kier alpha value is -0.0400. The Morgan fingerprint density at radius 1 is 1.00 bits per heavy atom. The smallest absolute Gasteiger partial charge is 0.00966 e. The van der Waals surface area contributed by atoms with E-state index < -0.39 is 0 Å². The first-order valence-corrected chi connectivity index (χ1v) is 8.05. The predicted octanol–water partition coefficient (Wildman–Crippen LogP) is 5.25. The number of hydrogen-bond donors (Lipinski definition) is 1. The number of unbranched alkanes of at least 4 members (excludes halogenated alkanes) is 1. The fourth-order valence-corrected chi connectivity index (χ4v) is 2.41. The van der Waals surface area contributed by atoms with Crippen molar-refractivity contribution in [2.24, 2.45) is 17.8 Å². The maximum Gasteiger partial charge on any atom is 0.00966 e. The molecular formula is C17H37N. The van der Waals surface area contributed by atoms with Crippen LogP contribution in [0.1, 0.15) is 80.6 Å². The Balaban J connectivity index is 4.00. The summed E-state index contributed by atoms with van der Waals surface area (Å²) in [4.78, 5) is 0. The fourth-order valence-electron chi connectivity index (χ4n) is 2.41. The van der Waals surface area contributed by atoms with E-state index in [1.807, 2.05) is 0 Å². The highest BCUT2D eigenvalue weighted by Gasteiger charge is 2.18. The summed E-state index contributed by atoms with van der Waals surface area (Å²) in [5.41, 5.74) is 0.250. The van der Waals surface area contributed by atoms with Gasteiger partial charge in [0.1, 0.15) is 0 Å². The van der Waals surface area contributed by atoms with Crippen LogP contribution in [0.5, 0.6) is 0 Å². The lowest BCUT2D eigenvalue weighted by Crippen LogP contribution is -2.40. The summed E-state index contributed by atoms with van der Waals surface area (Å²) in [5, 5.41) is 3.64. The maximum atomic E-state index is 3.64. The summed E-state index contributed by atoms with van der Waals surface area (Å²) in [7, 11) is 0. The van der Waals surface area contributed by atoms with E-state index in [0.29, 0.717) is 0 Å². The van der Waals surface area contributed by atoms with Gasteiger partial charge in [0.15, 0.2) is 0 Å². The standard InChI is InChI=1S/C17H37N/c1-8-10-11-16(9-2)12-14(3)15(4)13-18-17(5,6)7/h14-16,18H,8-13H2,1-7H3. The highest BCUT2D eigenvalue weighted by molar-refractivity contribution is 4.75. The molecule has 0 aromatic rings. The lowest BCUT2D eigenvalue weighted by Gasteiger charge is -2.28. The second-order valence-electron chi connectivity index (χ2n) is 7.24. The zero-order valence-corrected chi connectivity index (χ0v) is 14.0. The van der Waals surface area contributed by atoms with E-state index in [2.05, 4.69) is 53.8 Å². The molecule has 0 aromatic heterocycles. The molecule has 0 fully saturated rings. The van der Waals surface area contributed by atoms with Crippen molar-refractivity contribution in [2.75, 3.05) is 6.54 Å². The van der Waals surface area contributed by atoms with Gasteiger partial charge in [-0.25, -0.2) is 0 Å². The van der Waals surface area contributed by atoms with Crippen LogP contribution in [0.2, 0.25) is 0 Å². The molecule has 0 aliphatic carbocycles. The van der Waals surface area contributed by atoms with Crippen molar-refractivity contribution >= 4 is 0 Å². The minimum Gasteiger partial charge on any atom is -0.312 e. The van der Waals surface area contributed by atoms with Crippen LogP contribution < -0.4 is 5.32 Å². The van der Waals surface area contributed by atoms with E-state index >= 15 is 0 Å². The van der Waals surface area contributed by atoms with Crippen LogP contribution in [0.15, 0.2) is 0 Å². The molecule has 1 heteroatoms. The summed E-state index contributed by atoms with van der Waals surface area (Å²) in [6.07, 6.45) is 6.93. The van der Waals surface area contributed by atoms with Gasteiger partial charge in [-0.2, -0.15) is 0 Å². The van der Waals surface area contributed by atoms with Crippen molar-refractivity contribution < 1.29 is 0 Å². The Kier molecular flexibility index (Phi) is 8.94. The first-order valence-electron chi connectivity index (χ1n) is 8.05. The van der Waals surface area contributed by atoms with Crippen LogP contribution in [0.4, 0.5) is 0 Å². The zero-order chi connectivity index (χ0) is 14.2. The van der Waals surface area contributed by atoms with E-state index in [9.17, 15) is 0 Å². The lowest BCUT2D eigenvalue weighted by atomic mass is 9.83. The Morgan fingerprint density at radius 3 is 2.06 bits per heavy atom. The molecule has 0 aromatic carbocycles. The van der Waals surface area contributed by atoms with Gasteiger partial charge in [-0.1, -0.05) is 53.4 Å². The van der Waals surface area contributed by atoms with Crippen molar-refractivity contribution in [1.82, 2.24) is 5.32 Å². The molecule has 0 aliphatic heterocycles. The van der Waals surface area contributed by atoms with Gasteiger partial charge in [0.2, 0.25) is 0 Å². The SMILES string of the molecule is CCCCC(CC)CC(C)C(C)CNC(C)(C)C. The Labute approximate surface area is 116 Å². The van der Waals surface area contributed by atoms with Crippen LogP contribution in [-0.4, -0.2) is 12.1 Å². The molecule has 0 saturated heterocycles. The van der Waals surface area contributed by atoms with Crippen molar-refractivity contribution in [1.29, 1.82) is 0 Å².